The van der Waals surface area contributed by atoms with Gasteiger partial charge in [0.25, 0.3) is 0 Å². The van der Waals surface area contributed by atoms with Crippen LogP contribution in [0.5, 0.6) is 0 Å². The Labute approximate surface area is 147 Å². The number of carbonyl (C=O) groups is 1. The summed E-state index contributed by atoms with van der Waals surface area (Å²) in [5.74, 6) is 0. The van der Waals surface area contributed by atoms with Crippen molar-refractivity contribution in [1.29, 1.82) is 0 Å². The quantitative estimate of drug-likeness (QED) is 0.856. The van der Waals surface area contributed by atoms with Crippen molar-refractivity contribution >= 4 is 17.9 Å². The van der Waals surface area contributed by atoms with Crippen LogP contribution in [0.2, 0.25) is 0 Å². The third-order valence-corrected chi connectivity index (χ3v) is 5.17. The molecule has 1 aliphatic carbocycles. The molecule has 1 aliphatic rings. The summed E-state index contributed by atoms with van der Waals surface area (Å²) in [6.45, 7) is 5.64. The molecular weight excluding hydrogens is 318 g/mol. The number of thioether (sulfide) groups is 1. The van der Waals surface area contributed by atoms with Gasteiger partial charge in [0, 0.05) is 10.1 Å². The second-order valence-corrected chi connectivity index (χ2v) is 8.31. The Bertz CT molecular complexity index is 709. The summed E-state index contributed by atoms with van der Waals surface area (Å²) in [6.07, 6.45) is 0.582. The highest BCUT2D eigenvalue weighted by Crippen LogP contribution is 2.41. The van der Waals surface area contributed by atoms with Crippen molar-refractivity contribution in [2.24, 2.45) is 0 Å². The topological polar surface area (TPSA) is 38.3 Å². The Balaban J connectivity index is 1.79. The fraction of sp³-hybridized carbons (Fsp3) is 0.350. The fourth-order valence-electron chi connectivity index (χ4n) is 2.95. The second-order valence-electron chi connectivity index (χ2n) is 7.00. The van der Waals surface area contributed by atoms with Gasteiger partial charge in [-0.2, -0.15) is 0 Å². The minimum atomic E-state index is -0.496. The molecule has 4 heteroatoms. The number of ether oxygens (including phenoxy) is 1. The molecule has 0 saturated heterocycles. The van der Waals surface area contributed by atoms with E-state index in [1.165, 1.54) is 16.0 Å². The van der Waals surface area contributed by atoms with Gasteiger partial charge in [-0.25, -0.2) is 4.79 Å². The minimum absolute atomic E-state index is 0.0405. The molecular formula is C20H23NO2S. The van der Waals surface area contributed by atoms with Gasteiger partial charge in [-0.05, 0) is 50.5 Å². The first kappa shape index (κ1) is 16.9. The number of rotatable bonds is 3. The van der Waals surface area contributed by atoms with E-state index in [0.29, 0.717) is 0 Å². The molecule has 126 valence electrons. The van der Waals surface area contributed by atoms with Crippen molar-refractivity contribution < 1.29 is 9.53 Å². The molecule has 2 atom stereocenters. The summed E-state index contributed by atoms with van der Waals surface area (Å²) >= 11 is 1.81. The van der Waals surface area contributed by atoms with Crippen LogP contribution >= 0.6 is 11.8 Å². The summed E-state index contributed by atoms with van der Waals surface area (Å²) in [6, 6.07) is 18.6. The number of nitrogens with one attached hydrogen (secondary N) is 1. The van der Waals surface area contributed by atoms with Gasteiger partial charge in [0.05, 0.1) is 6.04 Å². The number of fused-ring (bicyclic) bond motifs is 1. The molecule has 1 amide bonds. The molecule has 3 nitrogen and oxygen atoms in total. The van der Waals surface area contributed by atoms with Gasteiger partial charge < -0.3 is 10.1 Å². The molecule has 3 rings (SSSR count). The monoisotopic (exact) mass is 341 g/mol. The van der Waals surface area contributed by atoms with Crippen LogP contribution in [0, 0.1) is 0 Å². The van der Waals surface area contributed by atoms with Gasteiger partial charge >= 0.3 is 6.09 Å². The van der Waals surface area contributed by atoms with Crippen molar-refractivity contribution in [2.75, 3.05) is 0 Å². The molecule has 24 heavy (non-hydrogen) atoms. The summed E-state index contributed by atoms with van der Waals surface area (Å²) < 4.78 is 5.45. The molecule has 0 saturated carbocycles. The zero-order valence-corrected chi connectivity index (χ0v) is 15.1. The van der Waals surface area contributed by atoms with E-state index in [4.69, 9.17) is 4.74 Å². The lowest BCUT2D eigenvalue weighted by Gasteiger charge is -2.25. The Hall–Kier alpha value is -1.94. The van der Waals surface area contributed by atoms with E-state index >= 15 is 0 Å². The van der Waals surface area contributed by atoms with Crippen LogP contribution in [0.3, 0.4) is 0 Å². The summed E-state index contributed by atoms with van der Waals surface area (Å²) in [7, 11) is 0. The van der Waals surface area contributed by atoms with Gasteiger partial charge in [-0.3, -0.25) is 0 Å². The van der Waals surface area contributed by atoms with E-state index in [0.717, 1.165) is 6.42 Å². The third kappa shape index (κ3) is 4.12. The number of carbonyl (C=O) groups excluding carboxylic acids is 1. The fourth-order valence-corrected chi connectivity index (χ4v) is 4.22. The standard InChI is InChI=1S/C20H23NO2S/c1-20(2,3)23-19(22)21-18-16-12-8-7-9-14(16)13-17(18)24-15-10-5-4-6-11-15/h4-12,17-18H,13H2,1-3H3,(H,21,22). The van der Waals surface area contributed by atoms with E-state index in [1.807, 2.05) is 45.0 Å². The second kappa shape index (κ2) is 6.89. The van der Waals surface area contributed by atoms with Crippen LogP contribution in [0.15, 0.2) is 59.5 Å². The number of hydrogen-bond donors (Lipinski definition) is 1. The summed E-state index contributed by atoms with van der Waals surface area (Å²) in [5, 5.41) is 3.34. The van der Waals surface area contributed by atoms with E-state index in [9.17, 15) is 4.79 Å². The van der Waals surface area contributed by atoms with Crippen LogP contribution < -0.4 is 5.32 Å². The SMILES string of the molecule is CC(C)(C)OC(=O)NC1c2ccccc2CC1Sc1ccccc1. The third-order valence-electron chi connectivity index (χ3n) is 3.89. The number of amides is 1. The largest absolute Gasteiger partial charge is 0.444 e. The van der Waals surface area contributed by atoms with Crippen LogP contribution in [0.1, 0.15) is 37.9 Å². The lowest BCUT2D eigenvalue weighted by atomic mass is 10.1. The average Bonchev–Trinajstić information content (AvgIpc) is 2.84. The van der Waals surface area contributed by atoms with E-state index in [1.54, 1.807) is 11.8 Å². The molecule has 0 aromatic heterocycles. The number of benzene rings is 2. The van der Waals surface area contributed by atoms with E-state index < -0.39 is 5.60 Å². The highest BCUT2D eigenvalue weighted by atomic mass is 32.2. The van der Waals surface area contributed by atoms with Gasteiger partial charge in [-0.1, -0.05) is 42.5 Å². The van der Waals surface area contributed by atoms with Crippen molar-refractivity contribution in [3.8, 4) is 0 Å². The Morgan fingerprint density at radius 1 is 1.08 bits per heavy atom. The Kier molecular flexibility index (Phi) is 4.86. The molecule has 1 N–H and O–H groups in total. The highest BCUT2D eigenvalue weighted by Gasteiger charge is 2.35. The van der Waals surface area contributed by atoms with Crippen molar-refractivity contribution in [3.63, 3.8) is 0 Å². The number of hydrogen-bond acceptors (Lipinski definition) is 3. The predicted molar refractivity (Wildman–Crippen MR) is 98.3 cm³/mol. The maximum Gasteiger partial charge on any atom is 0.408 e. The van der Waals surface area contributed by atoms with E-state index in [2.05, 4.69) is 35.6 Å². The van der Waals surface area contributed by atoms with Crippen LogP contribution in [-0.2, 0) is 11.2 Å². The van der Waals surface area contributed by atoms with Crippen molar-refractivity contribution in [2.45, 2.75) is 49.0 Å². The van der Waals surface area contributed by atoms with E-state index in [-0.39, 0.29) is 17.4 Å². The molecule has 2 unspecified atom stereocenters. The van der Waals surface area contributed by atoms with Gasteiger partial charge in [0.15, 0.2) is 0 Å². The van der Waals surface area contributed by atoms with Crippen molar-refractivity contribution in [1.82, 2.24) is 5.32 Å². The van der Waals surface area contributed by atoms with Gasteiger partial charge in [0.1, 0.15) is 5.60 Å². The zero-order valence-electron chi connectivity index (χ0n) is 14.3. The Morgan fingerprint density at radius 2 is 1.75 bits per heavy atom. The predicted octanol–water partition coefficient (Wildman–Crippen LogP) is 4.97. The smallest absolute Gasteiger partial charge is 0.408 e. The van der Waals surface area contributed by atoms with Gasteiger partial charge in [-0.15, -0.1) is 11.8 Å². The van der Waals surface area contributed by atoms with Gasteiger partial charge in [0.2, 0.25) is 0 Å². The lowest BCUT2D eigenvalue weighted by molar-refractivity contribution is 0.0505. The number of alkyl carbamates (subject to hydrolysis) is 1. The first-order valence-corrected chi connectivity index (χ1v) is 9.09. The molecule has 0 spiro atoms. The highest BCUT2D eigenvalue weighted by molar-refractivity contribution is 8.00. The molecule has 0 fully saturated rings. The maximum atomic E-state index is 12.3. The summed E-state index contributed by atoms with van der Waals surface area (Å²) in [5.41, 5.74) is 1.99. The lowest BCUT2D eigenvalue weighted by Crippen LogP contribution is -2.37. The minimum Gasteiger partial charge on any atom is -0.444 e. The molecule has 0 radical (unpaired) electrons. The maximum absolute atomic E-state index is 12.3. The molecule has 0 bridgehead atoms. The molecule has 2 aromatic carbocycles. The Morgan fingerprint density at radius 3 is 2.46 bits per heavy atom. The first-order valence-electron chi connectivity index (χ1n) is 8.21. The van der Waals surface area contributed by atoms with Crippen LogP contribution in [0.25, 0.3) is 0 Å². The molecule has 2 aromatic rings. The summed E-state index contributed by atoms with van der Waals surface area (Å²) in [4.78, 5) is 13.5. The molecule has 0 heterocycles. The zero-order chi connectivity index (χ0) is 17.2. The van der Waals surface area contributed by atoms with Crippen LogP contribution in [-0.4, -0.2) is 16.9 Å². The van der Waals surface area contributed by atoms with Crippen molar-refractivity contribution in [3.05, 3.63) is 65.7 Å². The normalized spacial score (nSPS) is 19.6. The first-order chi connectivity index (χ1) is 11.4. The molecule has 0 aliphatic heterocycles. The van der Waals surface area contributed by atoms with Crippen LogP contribution in [0.4, 0.5) is 4.79 Å². The average molecular weight is 341 g/mol.